The molecule has 1 rings (SSSR count). The van der Waals surface area contributed by atoms with E-state index in [2.05, 4.69) is 43.4 Å². The molecule has 1 aromatic rings. The maximum atomic E-state index is 5.68. The van der Waals surface area contributed by atoms with Gasteiger partial charge in [0.15, 0.2) is 0 Å². The molecule has 0 saturated heterocycles. The maximum Gasteiger partial charge on any atom is 0.0701 e. The van der Waals surface area contributed by atoms with Crippen molar-refractivity contribution in [1.29, 1.82) is 0 Å². The first kappa shape index (κ1) is 18.1. The number of methoxy groups -OCH3 is 1. The number of benzene rings is 1. The molecule has 4 heteroatoms. The molecule has 21 heavy (non-hydrogen) atoms. The molecule has 4 nitrogen and oxygen atoms in total. The van der Waals surface area contributed by atoms with Gasteiger partial charge in [0, 0.05) is 25.6 Å². The van der Waals surface area contributed by atoms with Gasteiger partial charge in [-0.25, -0.2) is 0 Å². The van der Waals surface area contributed by atoms with E-state index in [1.54, 1.807) is 7.11 Å². The van der Waals surface area contributed by atoms with E-state index in [-0.39, 0.29) is 5.41 Å². The van der Waals surface area contributed by atoms with Crippen molar-refractivity contribution >= 4 is 0 Å². The molecule has 0 saturated carbocycles. The topological polar surface area (TPSA) is 39.7 Å². The third-order valence-electron chi connectivity index (χ3n) is 3.07. The number of nitrogens with one attached hydrogen (secondary N) is 1. The quantitative estimate of drug-likeness (QED) is 0.601. The molecule has 1 N–H and O–H groups in total. The smallest absolute Gasteiger partial charge is 0.0701 e. The molecule has 0 bridgehead atoms. The molecule has 0 unspecified atom stereocenters. The average Bonchev–Trinajstić information content (AvgIpc) is 2.47. The van der Waals surface area contributed by atoms with Crippen molar-refractivity contribution in [2.45, 2.75) is 20.4 Å². The minimum atomic E-state index is 0.112. The van der Waals surface area contributed by atoms with E-state index in [9.17, 15) is 0 Å². The van der Waals surface area contributed by atoms with Gasteiger partial charge in [0.1, 0.15) is 0 Å². The van der Waals surface area contributed by atoms with Gasteiger partial charge in [-0.1, -0.05) is 44.2 Å². The predicted octanol–water partition coefficient (Wildman–Crippen LogP) is 2.48. The lowest BCUT2D eigenvalue weighted by Crippen LogP contribution is -2.33. The molecule has 0 aliphatic heterocycles. The summed E-state index contributed by atoms with van der Waals surface area (Å²) in [5.41, 5.74) is 1.42. The summed E-state index contributed by atoms with van der Waals surface area (Å²) >= 11 is 0. The van der Waals surface area contributed by atoms with Gasteiger partial charge in [0.2, 0.25) is 0 Å². The van der Waals surface area contributed by atoms with E-state index < -0.39 is 0 Å². The fourth-order valence-corrected chi connectivity index (χ4v) is 1.90. The summed E-state index contributed by atoms with van der Waals surface area (Å²) in [5, 5.41) is 3.48. The summed E-state index contributed by atoms with van der Waals surface area (Å²) in [6.45, 7) is 9.46. The van der Waals surface area contributed by atoms with Gasteiger partial charge >= 0.3 is 0 Å². The monoisotopic (exact) mass is 295 g/mol. The summed E-state index contributed by atoms with van der Waals surface area (Å²) in [6.07, 6.45) is 0. The van der Waals surface area contributed by atoms with E-state index >= 15 is 0 Å². The molecule has 1 aromatic carbocycles. The zero-order chi connectivity index (χ0) is 15.4. The molecule has 0 aromatic heterocycles. The van der Waals surface area contributed by atoms with Crippen molar-refractivity contribution in [2.75, 3.05) is 46.7 Å². The van der Waals surface area contributed by atoms with Crippen molar-refractivity contribution in [2.24, 2.45) is 5.41 Å². The largest absolute Gasteiger partial charge is 0.382 e. The van der Waals surface area contributed by atoms with Crippen LogP contribution >= 0.6 is 0 Å². The molecule has 0 amide bonds. The fourth-order valence-electron chi connectivity index (χ4n) is 1.90. The Kier molecular flexibility index (Phi) is 9.26. The molecule has 0 aliphatic carbocycles. The van der Waals surface area contributed by atoms with Crippen LogP contribution in [0.15, 0.2) is 30.3 Å². The third-order valence-corrected chi connectivity index (χ3v) is 3.07. The Labute approximate surface area is 128 Å². The van der Waals surface area contributed by atoms with Gasteiger partial charge in [-0.3, -0.25) is 0 Å². The standard InChI is InChI=1S/C17H29NO3/c1-17(2,15-21-12-11-20-10-9-19-3)14-18-13-16-7-5-4-6-8-16/h4-8,18H,9-15H2,1-3H3. The van der Waals surface area contributed by atoms with E-state index in [0.717, 1.165) is 19.7 Å². The maximum absolute atomic E-state index is 5.68. The van der Waals surface area contributed by atoms with E-state index in [0.29, 0.717) is 26.4 Å². The zero-order valence-electron chi connectivity index (χ0n) is 13.6. The van der Waals surface area contributed by atoms with Gasteiger partial charge in [-0.05, 0) is 5.56 Å². The minimum absolute atomic E-state index is 0.112. The van der Waals surface area contributed by atoms with Gasteiger partial charge in [-0.15, -0.1) is 0 Å². The highest BCUT2D eigenvalue weighted by atomic mass is 16.5. The van der Waals surface area contributed by atoms with Crippen LogP contribution in [0.4, 0.5) is 0 Å². The van der Waals surface area contributed by atoms with Gasteiger partial charge in [-0.2, -0.15) is 0 Å². The van der Waals surface area contributed by atoms with Crippen LogP contribution in [0.1, 0.15) is 19.4 Å². The van der Waals surface area contributed by atoms with Gasteiger partial charge in [0.25, 0.3) is 0 Å². The number of rotatable bonds is 12. The van der Waals surface area contributed by atoms with Crippen LogP contribution in [0.2, 0.25) is 0 Å². The molecule has 0 radical (unpaired) electrons. The lowest BCUT2D eigenvalue weighted by Gasteiger charge is -2.25. The van der Waals surface area contributed by atoms with Crippen molar-refractivity contribution in [3.8, 4) is 0 Å². The van der Waals surface area contributed by atoms with Gasteiger partial charge in [0.05, 0.1) is 33.0 Å². The van der Waals surface area contributed by atoms with Crippen LogP contribution in [-0.2, 0) is 20.8 Å². The molecule has 0 atom stereocenters. The summed E-state index contributed by atoms with van der Waals surface area (Å²) in [5.74, 6) is 0. The van der Waals surface area contributed by atoms with E-state index in [1.165, 1.54) is 5.56 Å². The lowest BCUT2D eigenvalue weighted by molar-refractivity contribution is 0.00247. The molecule has 0 spiro atoms. The average molecular weight is 295 g/mol. The summed E-state index contributed by atoms with van der Waals surface area (Å²) in [6, 6.07) is 10.4. The zero-order valence-corrected chi connectivity index (χ0v) is 13.6. The molecule has 0 fully saturated rings. The Balaban J connectivity index is 2.04. The number of hydrogen-bond acceptors (Lipinski definition) is 4. The summed E-state index contributed by atoms with van der Waals surface area (Å²) in [4.78, 5) is 0. The second-order valence-corrected chi connectivity index (χ2v) is 5.91. The van der Waals surface area contributed by atoms with Crippen molar-refractivity contribution in [3.63, 3.8) is 0 Å². The first-order valence-electron chi connectivity index (χ1n) is 7.53. The van der Waals surface area contributed by atoms with E-state index in [4.69, 9.17) is 14.2 Å². The Morgan fingerprint density at radius 1 is 0.952 bits per heavy atom. The number of ether oxygens (including phenoxy) is 3. The van der Waals surface area contributed by atoms with Crippen LogP contribution in [0.3, 0.4) is 0 Å². The highest BCUT2D eigenvalue weighted by molar-refractivity contribution is 5.14. The van der Waals surface area contributed by atoms with E-state index in [1.807, 2.05) is 6.07 Å². The Bertz CT molecular complexity index is 354. The van der Waals surface area contributed by atoms with Crippen LogP contribution in [0.5, 0.6) is 0 Å². The SMILES string of the molecule is COCCOCCOCC(C)(C)CNCc1ccccc1. The van der Waals surface area contributed by atoms with Crippen molar-refractivity contribution in [1.82, 2.24) is 5.32 Å². The van der Waals surface area contributed by atoms with Crippen molar-refractivity contribution < 1.29 is 14.2 Å². The van der Waals surface area contributed by atoms with Crippen LogP contribution in [0, 0.1) is 5.41 Å². The first-order valence-corrected chi connectivity index (χ1v) is 7.53. The Morgan fingerprint density at radius 3 is 2.33 bits per heavy atom. The van der Waals surface area contributed by atoms with Crippen LogP contribution in [-0.4, -0.2) is 46.7 Å². The van der Waals surface area contributed by atoms with Crippen LogP contribution < -0.4 is 5.32 Å². The summed E-state index contributed by atoms with van der Waals surface area (Å²) in [7, 11) is 1.67. The van der Waals surface area contributed by atoms with Crippen LogP contribution in [0.25, 0.3) is 0 Å². The highest BCUT2D eigenvalue weighted by Gasteiger charge is 2.17. The highest BCUT2D eigenvalue weighted by Crippen LogP contribution is 2.14. The second-order valence-electron chi connectivity index (χ2n) is 5.91. The van der Waals surface area contributed by atoms with Crippen molar-refractivity contribution in [3.05, 3.63) is 35.9 Å². The molecule has 120 valence electrons. The lowest BCUT2D eigenvalue weighted by atomic mass is 9.95. The number of hydrogen-bond donors (Lipinski definition) is 1. The van der Waals surface area contributed by atoms with Gasteiger partial charge < -0.3 is 19.5 Å². The summed E-state index contributed by atoms with van der Waals surface area (Å²) < 4.78 is 15.9. The molecule has 0 heterocycles. The second kappa shape index (κ2) is 10.7. The third kappa shape index (κ3) is 9.58. The molecular formula is C17H29NO3. The molecule has 0 aliphatic rings. The fraction of sp³-hybridized carbons (Fsp3) is 0.647. The predicted molar refractivity (Wildman–Crippen MR) is 85.4 cm³/mol. The first-order chi connectivity index (χ1) is 10.1. The normalized spacial score (nSPS) is 11.8. The minimum Gasteiger partial charge on any atom is -0.382 e. The Morgan fingerprint density at radius 2 is 1.62 bits per heavy atom. The Hall–Kier alpha value is -0.940. The molecular weight excluding hydrogens is 266 g/mol.